The molecule has 9 N–H and O–H groups in total. The predicted octanol–water partition coefficient (Wildman–Crippen LogP) is 12.8. The standard InChI is InChI=1S/C27H38N4O4S.C25H34N4O4S.C24H34N4O3S.3C2H6.CH4/c1-8-18-11-19(23-16(3)28-14-36-23)9-10-21(18)15(2)29-25(34)22-12-20(33)13-31(22)26(35)24(27(5,6)7)30-17(4)32;1-14(17-7-9-18(10-8-17)21-15(2)26-13-34-21)27-23(32)20-11-19(31)12-29(20)24(33)22(25(4,5)6)28-16(3)30;1-14(16-7-9-17(10-8-16)20-15(2)26-13-32-20)27-22(30)19-11-18(29)12-28(19)23(31)21(25-6)24(3,4)5;3*1-2;/h9-11,14-15,20,22,24,33H,8,12-13H2,1-7H3,(H,29,34)(H,30,32);7-10,13-14,19-20,22,31H,11-12H2,1-6H3,(H,27,32)(H,28,30);7-10,13-14,18-19,21,25,29H,11-12H2,1-6H3,(H,27,30);3*1-2H3;1H4/t15-,20+,22-,24+;14-,19+,20-,22+;14-,18+,19-,21+;;;;/m000..../s1. The highest BCUT2D eigenvalue weighted by molar-refractivity contribution is 7.14. The van der Waals surface area contributed by atoms with Crippen LogP contribution in [0.25, 0.3) is 31.3 Å². The number of likely N-dealkylation sites (tertiary alicyclic amines) is 3. The van der Waals surface area contributed by atoms with Crippen molar-refractivity contribution in [2.75, 3.05) is 26.7 Å². The molecule has 0 bridgehead atoms. The van der Waals surface area contributed by atoms with E-state index in [1.807, 2.05) is 223 Å². The van der Waals surface area contributed by atoms with Gasteiger partial charge in [0.25, 0.3) is 0 Å². The van der Waals surface area contributed by atoms with Crippen LogP contribution in [-0.4, -0.2) is 173 Å². The SMILES string of the molecule is C.CC.CC.CC.CC(=O)N[C@H](C(=O)N1C[C@H](O)C[C@H]1C(=O)N[C@@H](C)c1ccc(-c2scnc2C)cc1)C(C)(C)C.CCc1cc(-c2scnc2C)ccc1[C@H](C)NC(=O)[C@@H]1C[C@@H](O)CN1C(=O)[C@@H](NC(C)=O)C(C)(C)C.CN[C@H](C(=O)N1C[C@H](O)C[C@H]1C(=O)N[C@@H](C)c1ccc(-c2scnc2C)cc1)C(C)(C)C. The first-order valence-electron chi connectivity index (χ1n) is 37.9. The maximum Gasteiger partial charge on any atom is 0.246 e. The molecule has 3 fully saturated rings. The number of hydrogen-bond acceptors (Lipinski definition) is 18. The lowest BCUT2D eigenvalue weighted by Gasteiger charge is -2.35. The number of carbonyl (C=O) groups excluding carboxylic acids is 8. The van der Waals surface area contributed by atoms with E-state index in [1.165, 1.54) is 28.5 Å². The van der Waals surface area contributed by atoms with Gasteiger partial charge in [-0.25, -0.2) is 15.0 Å². The van der Waals surface area contributed by atoms with E-state index in [0.717, 1.165) is 77.1 Å². The topological polar surface area (TPSA) is 318 Å². The number of aliphatic hydroxyl groups is 3. The summed E-state index contributed by atoms with van der Waals surface area (Å²) in [5, 5.41) is 48.4. The molecule has 0 unspecified atom stereocenters. The molecule has 8 amide bonds. The lowest BCUT2D eigenvalue weighted by Crippen LogP contribution is -2.57. The van der Waals surface area contributed by atoms with Gasteiger partial charge in [-0.3, -0.25) is 38.4 Å². The maximum absolute atomic E-state index is 13.4. The summed E-state index contributed by atoms with van der Waals surface area (Å²) in [6.45, 7) is 45.9. The van der Waals surface area contributed by atoms with Gasteiger partial charge < -0.3 is 61.9 Å². The maximum atomic E-state index is 13.4. The van der Waals surface area contributed by atoms with E-state index in [-0.39, 0.29) is 117 Å². The first-order valence-corrected chi connectivity index (χ1v) is 40.5. The Labute approximate surface area is 661 Å². The number of amides is 8. The number of aliphatic hydroxyl groups excluding tert-OH is 3. The van der Waals surface area contributed by atoms with Gasteiger partial charge in [-0.2, -0.15) is 0 Å². The van der Waals surface area contributed by atoms with E-state index in [9.17, 15) is 53.7 Å². The van der Waals surface area contributed by atoms with Gasteiger partial charge in [0.2, 0.25) is 47.3 Å². The van der Waals surface area contributed by atoms with Crippen LogP contribution in [0, 0.1) is 37.0 Å². The van der Waals surface area contributed by atoms with E-state index in [4.69, 9.17) is 0 Å². The monoisotopic (exact) mass is 1560 g/mol. The van der Waals surface area contributed by atoms with Crippen molar-refractivity contribution in [3.8, 4) is 31.3 Å². The first-order chi connectivity index (χ1) is 50.7. The van der Waals surface area contributed by atoms with Gasteiger partial charge in [0.05, 0.1) is 90.7 Å². The molecule has 604 valence electrons. The van der Waals surface area contributed by atoms with Crippen LogP contribution >= 0.6 is 34.0 Å². The molecule has 6 aromatic rings. The van der Waals surface area contributed by atoms with Crippen molar-refractivity contribution >= 4 is 81.3 Å². The van der Waals surface area contributed by atoms with Gasteiger partial charge in [-0.15, -0.1) is 34.0 Å². The highest BCUT2D eigenvalue weighted by atomic mass is 32.1. The molecular formula is C83H128N12O11S3. The largest absolute Gasteiger partial charge is 0.391 e. The van der Waals surface area contributed by atoms with E-state index < -0.39 is 65.4 Å². The number of carbonyl (C=O) groups is 8. The number of β-amino-alcohol motifs (C(OH)–C–C–N with tert-alkyl or cyclic N) is 3. The quantitative estimate of drug-likeness (QED) is 0.0364. The normalized spacial score (nSPS) is 19.0. The van der Waals surface area contributed by atoms with E-state index in [1.54, 1.807) is 41.1 Å². The van der Waals surface area contributed by atoms with Crippen LogP contribution < -0.4 is 31.9 Å². The van der Waals surface area contributed by atoms with Crippen LogP contribution in [0.4, 0.5) is 0 Å². The third-order valence-electron chi connectivity index (χ3n) is 18.8. The lowest BCUT2D eigenvalue weighted by molar-refractivity contribution is -0.144. The molecule has 26 heteroatoms. The summed E-state index contributed by atoms with van der Waals surface area (Å²) < 4.78 is 0. The highest BCUT2D eigenvalue weighted by Crippen LogP contribution is 2.35. The molecule has 3 aliphatic rings. The molecule has 3 saturated heterocycles. The second-order valence-electron chi connectivity index (χ2n) is 30.3. The number of thiazole rings is 3. The first kappa shape index (κ1) is 95.4. The number of nitrogens with zero attached hydrogens (tertiary/aromatic N) is 6. The van der Waals surface area contributed by atoms with Crippen LogP contribution in [0.15, 0.2) is 83.3 Å². The molecule has 0 saturated carbocycles. The van der Waals surface area contributed by atoms with Crippen LogP contribution in [0.3, 0.4) is 0 Å². The van der Waals surface area contributed by atoms with Crippen molar-refractivity contribution < 1.29 is 53.7 Å². The van der Waals surface area contributed by atoms with E-state index in [2.05, 4.69) is 59.8 Å². The fraction of sp³-hybridized carbons (Fsp3) is 0.578. The zero-order valence-corrected chi connectivity index (χ0v) is 70.9. The van der Waals surface area contributed by atoms with Crippen LogP contribution in [0.5, 0.6) is 0 Å². The average molecular weight is 1570 g/mol. The number of hydrogen-bond donors (Lipinski definition) is 9. The Kier molecular flexibility index (Phi) is 37.7. The Morgan fingerprint density at radius 2 is 0.743 bits per heavy atom. The number of nitrogens with one attached hydrogen (secondary N) is 6. The lowest BCUT2D eigenvalue weighted by atomic mass is 9.85. The third-order valence-corrected chi connectivity index (χ3v) is 21.8. The Balaban J connectivity index is 0.000000408. The van der Waals surface area contributed by atoms with Crippen LogP contribution in [0.2, 0.25) is 0 Å². The molecule has 23 nitrogen and oxygen atoms in total. The summed E-state index contributed by atoms with van der Waals surface area (Å²) >= 11 is 4.80. The Hall–Kier alpha value is -7.85. The van der Waals surface area contributed by atoms with Crippen LogP contribution in [0.1, 0.15) is 230 Å². The molecule has 0 spiro atoms. The molecule has 3 aromatic heterocycles. The summed E-state index contributed by atoms with van der Waals surface area (Å²) in [5.41, 5.74) is 14.4. The second-order valence-corrected chi connectivity index (χ2v) is 32.8. The number of rotatable bonds is 19. The second kappa shape index (κ2) is 43.1. The summed E-state index contributed by atoms with van der Waals surface area (Å²) in [4.78, 5) is 124. The van der Waals surface area contributed by atoms with Crippen molar-refractivity contribution in [3.05, 3.63) is 123 Å². The molecule has 9 rings (SSSR count). The molecule has 109 heavy (non-hydrogen) atoms. The van der Waals surface area contributed by atoms with E-state index >= 15 is 0 Å². The fourth-order valence-corrected chi connectivity index (χ4v) is 15.7. The van der Waals surface area contributed by atoms with Crippen LogP contribution in [-0.2, 0) is 44.8 Å². The van der Waals surface area contributed by atoms with Gasteiger partial charge in [-0.1, -0.05) is 179 Å². The van der Waals surface area contributed by atoms with Crippen molar-refractivity contribution in [3.63, 3.8) is 0 Å². The molecule has 12 atom stereocenters. The van der Waals surface area contributed by atoms with Gasteiger partial charge in [0.1, 0.15) is 30.2 Å². The molecule has 0 aliphatic carbocycles. The highest BCUT2D eigenvalue weighted by Gasteiger charge is 2.48. The minimum absolute atomic E-state index is 0. The van der Waals surface area contributed by atoms with Gasteiger partial charge in [-0.05, 0) is 116 Å². The van der Waals surface area contributed by atoms with Crippen molar-refractivity contribution in [1.82, 2.24) is 61.6 Å². The molecular weight excluding hydrogens is 1440 g/mol. The zero-order chi connectivity index (χ0) is 81.6. The number of aromatic nitrogens is 3. The van der Waals surface area contributed by atoms with Crippen molar-refractivity contribution in [2.24, 2.45) is 16.2 Å². The molecule has 3 aromatic carbocycles. The average Bonchev–Trinajstić information content (AvgIpc) is 1.69. The van der Waals surface area contributed by atoms with Crippen molar-refractivity contribution in [2.45, 2.75) is 272 Å². The van der Waals surface area contributed by atoms with E-state index in [0.29, 0.717) is 0 Å². The summed E-state index contributed by atoms with van der Waals surface area (Å²) in [7, 11) is 1.74. The molecule has 3 aliphatic heterocycles. The number of benzene rings is 3. The zero-order valence-electron chi connectivity index (χ0n) is 68.5. The van der Waals surface area contributed by atoms with Crippen molar-refractivity contribution in [1.29, 1.82) is 0 Å². The van der Waals surface area contributed by atoms with Gasteiger partial charge >= 0.3 is 0 Å². The van der Waals surface area contributed by atoms with Gasteiger partial charge in [0, 0.05) is 52.7 Å². The van der Waals surface area contributed by atoms with Gasteiger partial charge in [0.15, 0.2) is 0 Å². The summed E-state index contributed by atoms with van der Waals surface area (Å²) in [5.74, 6) is -2.40. The third kappa shape index (κ3) is 25.9. The number of likely N-dealkylation sites (N-methyl/N-ethyl adjacent to an activating group) is 1. The number of aryl methyl sites for hydroxylation is 4. The fourth-order valence-electron chi connectivity index (χ4n) is 13.3. The molecule has 6 heterocycles. The summed E-state index contributed by atoms with van der Waals surface area (Å²) in [6.07, 6.45) is -0.937. The Morgan fingerprint density at radius 3 is 1.01 bits per heavy atom. The molecule has 0 radical (unpaired) electrons. The Bertz CT molecular complexity index is 3910. The smallest absolute Gasteiger partial charge is 0.246 e. The minimum atomic E-state index is -0.808. The Morgan fingerprint density at radius 1 is 0.459 bits per heavy atom. The summed E-state index contributed by atoms with van der Waals surface area (Å²) in [6, 6.07) is 17.1. The minimum Gasteiger partial charge on any atom is -0.391 e. The predicted molar refractivity (Wildman–Crippen MR) is 441 cm³/mol.